The molecule has 0 aliphatic heterocycles. The number of aromatic nitrogens is 2. The van der Waals surface area contributed by atoms with Gasteiger partial charge in [0.1, 0.15) is 5.82 Å². The highest BCUT2D eigenvalue weighted by atomic mass is 32.2. The van der Waals surface area contributed by atoms with Crippen LogP contribution in [0.5, 0.6) is 0 Å². The van der Waals surface area contributed by atoms with E-state index in [9.17, 15) is 13.2 Å². The van der Waals surface area contributed by atoms with Gasteiger partial charge in [0.05, 0.1) is 11.1 Å². The van der Waals surface area contributed by atoms with Crippen molar-refractivity contribution in [1.29, 1.82) is 0 Å². The third-order valence-electron chi connectivity index (χ3n) is 2.62. The molecular formula is C12H13N3O3S. The van der Waals surface area contributed by atoms with Gasteiger partial charge in [-0.15, -0.1) is 0 Å². The zero-order valence-electron chi connectivity index (χ0n) is 10.5. The van der Waals surface area contributed by atoms with Crippen molar-refractivity contribution in [2.24, 2.45) is 0 Å². The average molecular weight is 279 g/mol. The number of Topliss-reactive ketones (excluding diaryl/α,β-unsaturated/α-hetero) is 1. The van der Waals surface area contributed by atoms with Crippen LogP contribution in [0.1, 0.15) is 22.8 Å². The van der Waals surface area contributed by atoms with Crippen molar-refractivity contribution in [2.45, 2.75) is 18.7 Å². The summed E-state index contributed by atoms with van der Waals surface area (Å²) in [6.45, 7) is 3.12. The van der Waals surface area contributed by atoms with Crippen molar-refractivity contribution in [3.8, 4) is 0 Å². The number of H-pyrrole nitrogens is 1. The molecule has 0 unspecified atom stereocenters. The Morgan fingerprint density at radius 2 is 2.11 bits per heavy atom. The van der Waals surface area contributed by atoms with Crippen LogP contribution in [0.2, 0.25) is 0 Å². The minimum atomic E-state index is -3.74. The number of carbonyl (C=O) groups is 1. The number of rotatable bonds is 4. The van der Waals surface area contributed by atoms with Crippen LogP contribution in [0, 0.1) is 6.92 Å². The second kappa shape index (κ2) is 4.85. The van der Waals surface area contributed by atoms with E-state index in [0.717, 1.165) is 0 Å². The summed E-state index contributed by atoms with van der Waals surface area (Å²) >= 11 is 0. The second-order valence-electron chi connectivity index (χ2n) is 4.12. The molecule has 0 aliphatic carbocycles. The Kier molecular flexibility index (Phi) is 3.39. The fourth-order valence-electron chi connectivity index (χ4n) is 1.53. The number of carbonyl (C=O) groups excluding carboxylic acids is 1. The number of anilines is 1. The molecule has 1 heterocycles. The number of nitrogens with one attached hydrogen (secondary N) is 2. The lowest BCUT2D eigenvalue weighted by Crippen LogP contribution is -2.14. The van der Waals surface area contributed by atoms with Crippen LogP contribution >= 0.6 is 0 Å². The van der Waals surface area contributed by atoms with Crippen LogP contribution in [0.25, 0.3) is 0 Å². The molecule has 2 N–H and O–H groups in total. The van der Waals surface area contributed by atoms with E-state index >= 15 is 0 Å². The molecule has 0 amide bonds. The van der Waals surface area contributed by atoms with Gasteiger partial charge in [0.2, 0.25) is 0 Å². The molecule has 6 nitrogen and oxygen atoms in total. The number of aromatic amines is 1. The van der Waals surface area contributed by atoms with Gasteiger partial charge in [-0.05, 0) is 26.0 Å². The third-order valence-corrected chi connectivity index (χ3v) is 3.96. The molecule has 19 heavy (non-hydrogen) atoms. The van der Waals surface area contributed by atoms with Crippen molar-refractivity contribution in [3.63, 3.8) is 0 Å². The maximum absolute atomic E-state index is 12.2. The minimum Gasteiger partial charge on any atom is -0.295 e. The number of hydrogen-bond acceptors (Lipinski definition) is 4. The molecule has 0 aliphatic rings. The Morgan fingerprint density at radius 3 is 2.68 bits per heavy atom. The molecule has 7 heteroatoms. The van der Waals surface area contributed by atoms with Gasteiger partial charge >= 0.3 is 0 Å². The Hall–Kier alpha value is -2.15. The number of hydrogen-bond donors (Lipinski definition) is 2. The highest BCUT2D eigenvalue weighted by Gasteiger charge is 2.17. The Labute approximate surface area is 110 Å². The molecule has 0 fully saturated rings. The van der Waals surface area contributed by atoms with Crippen LogP contribution in [-0.2, 0) is 10.0 Å². The smallest absolute Gasteiger partial charge is 0.263 e. The highest BCUT2D eigenvalue weighted by molar-refractivity contribution is 7.92. The van der Waals surface area contributed by atoms with Gasteiger partial charge in [0, 0.05) is 11.1 Å². The summed E-state index contributed by atoms with van der Waals surface area (Å²) in [6.07, 6.45) is 1.52. The predicted octanol–water partition coefficient (Wildman–Crippen LogP) is 1.72. The standard InChI is InChI=1S/C12H13N3O3S/c1-8-7-13-14-12(8)15-19(17,18)11-5-3-4-10(6-11)9(2)16/h3-7H,1-2H3,(H2,13,14,15). The quantitative estimate of drug-likeness (QED) is 0.833. The lowest BCUT2D eigenvalue weighted by atomic mass is 10.2. The zero-order valence-corrected chi connectivity index (χ0v) is 11.3. The topological polar surface area (TPSA) is 91.9 Å². The highest BCUT2D eigenvalue weighted by Crippen LogP contribution is 2.17. The molecule has 2 aromatic rings. The van der Waals surface area contributed by atoms with Gasteiger partial charge in [-0.1, -0.05) is 12.1 Å². The van der Waals surface area contributed by atoms with Gasteiger partial charge in [0.15, 0.2) is 5.78 Å². The van der Waals surface area contributed by atoms with E-state index < -0.39 is 10.0 Å². The first kappa shape index (κ1) is 13.3. The molecule has 2 rings (SSSR count). The van der Waals surface area contributed by atoms with Crippen molar-refractivity contribution in [1.82, 2.24) is 10.2 Å². The molecule has 0 spiro atoms. The summed E-state index contributed by atoms with van der Waals surface area (Å²) in [6, 6.07) is 5.88. The molecule has 0 bridgehead atoms. The van der Waals surface area contributed by atoms with Crippen LogP contribution in [0.3, 0.4) is 0 Å². The van der Waals surface area contributed by atoms with E-state index in [1.165, 1.54) is 31.3 Å². The SMILES string of the molecule is CC(=O)c1cccc(S(=O)(=O)Nc2[nH]ncc2C)c1. The third kappa shape index (κ3) is 2.82. The first-order chi connectivity index (χ1) is 8.90. The Morgan fingerprint density at radius 1 is 1.37 bits per heavy atom. The molecule has 100 valence electrons. The van der Waals surface area contributed by atoms with Crippen LogP contribution in [-0.4, -0.2) is 24.4 Å². The predicted molar refractivity (Wildman–Crippen MR) is 70.6 cm³/mol. The van der Waals surface area contributed by atoms with Crippen molar-refractivity contribution >= 4 is 21.6 Å². The van der Waals surface area contributed by atoms with Gasteiger partial charge in [0.25, 0.3) is 10.0 Å². The summed E-state index contributed by atoms with van der Waals surface area (Å²) in [4.78, 5) is 11.3. The molecule has 1 aromatic carbocycles. The van der Waals surface area contributed by atoms with Crippen LogP contribution in [0.15, 0.2) is 35.4 Å². The summed E-state index contributed by atoms with van der Waals surface area (Å²) in [5.41, 5.74) is 1.04. The molecular weight excluding hydrogens is 266 g/mol. The monoisotopic (exact) mass is 279 g/mol. The normalized spacial score (nSPS) is 11.3. The van der Waals surface area contributed by atoms with E-state index in [2.05, 4.69) is 14.9 Å². The number of ketones is 1. The Bertz CT molecular complexity index is 719. The second-order valence-corrected chi connectivity index (χ2v) is 5.80. The molecule has 0 saturated heterocycles. The average Bonchev–Trinajstić information content (AvgIpc) is 2.74. The summed E-state index contributed by atoms with van der Waals surface area (Å²) < 4.78 is 26.7. The van der Waals surface area contributed by atoms with Crippen LogP contribution in [0.4, 0.5) is 5.82 Å². The fraction of sp³-hybridized carbons (Fsp3) is 0.167. The lowest BCUT2D eigenvalue weighted by Gasteiger charge is -2.07. The summed E-state index contributed by atoms with van der Waals surface area (Å²) in [7, 11) is -3.74. The van der Waals surface area contributed by atoms with Gasteiger partial charge in [-0.3, -0.25) is 14.6 Å². The summed E-state index contributed by atoms with van der Waals surface area (Å²) in [5.74, 6) is 0.128. The van der Waals surface area contributed by atoms with Gasteiger partial charge in [-0.25, -0.2) is 8.42 Å². The molecule has 0 atom stereocenters. The first-order valence-electron chi connectivity index (χ1n) is 5.54. The number of sulfonamides is 1. The van der Waals surface area contributed by atoms with Crippen LogP contribution < -0.4 is 4.72 Å². The zero-order chi connectivity index (χ0) is 14.0. The van der Waals surface area contributed by atoms with Crippen molar-refractivity contribution in [2.75, 3.05) is 4.72 Å². The Balaban J connectivity index is 2.37. The van der Waals surface area contributed by atoms with E-state index in [1.54, 1.807) is 13.0 Å². The fourth-order valence-corrected chi connectivity index (χ4v) is 2.66. The summed E-state index contributed by atoms with van der Waals surface area (Å²) in [5, 5.41) is 6.30. The molecule has 0 saturated carbocycles. The minimum absolute atomic E-state index is 0.0363. The van der Waals surface area contributed by atoms with E-state index in [4.69, 9.17) is 0 Å². The molecule has 1 aromatic heterocycles. The van der Waals surface area contributed by atoms with E-state index in [1.807, 2.05) is 0 Å². The number of aryl methyl sites for hydroxylation is 1. The number of benzene rings is 1. The van der Waals surface area contributed by atoms with Gasteiger partial charge in [-0.2, -0.15) is 5.10 Å². The van der Waals surface area contributed by atoms with E-state index in [-0.39, 0.29) is 10.7 Å². The maximum Gasteiger partial charge on any atom is 0.263 e. The van der Waals surface area contributed by atoms with Crippen molar-refractivity contribution < 1.29 is 13.2 Å². The van der Waals surface area contributed by atoms with E-state index in [0.29, 0.717) is 16.9 Å². The largest absolute Gasteiger partial charge is 0.295 e. The number of nitrogens with zero attached hydrogens (tertiary/aromatic N) is 1. The van der Waals surface area contributed by atoms with Gasteiger partial charge < -0.3 is 0 Å². The molecule has 0 radical (unpaired) electrons. The first-order valence-corrected chi connectivity index (χ1v) is 7.02. The lowest BCUT2D eigenvalue weighted by molar-refractivity contribution is 0.101. The maximum atomic E-state index is 12.2. The van der Waals surface area contributed by atoms with Crippen molar-refractivity contribution in [3.05, 3.63) is 41.6 Å².